The summed E-state index contributed by atoms with van der Waals surface area (Å²) in [7, 11) is 0. The summed E-state index contributed by atoms with van der Waals surface area (Å²) >= 11 is 0. The number of amides is 1. The topological polar surface area (TPSA) is 139 Å². The van der Waals surface area contributed by atoms with Crippen LogP contribution in [0.1, 0.15) is 12.0 Å². The molecule has 0 atom stereocenters. The number of carbonyl (C=O) groups is 1. The van der Waals surface area contributed by atoms with E-state index in [1.165, 1.54) is 12.1 Å². The van der Waals surface area contributed by atoms with Crippen LogP contribution in [-0.4, -0.2) is 17.0 Å². The summed E-state index contributed by atoms with van der Waals surface area (Å²) in [4.78, 5) is 33.3. The molecule has 0 aliphatic heterocycles. The molecule has 0 spiro atoms. The first-order chi connectivity index (χ1) is 10.5. The van der Waals surface area contributed by atoms with Crippen molar-refractivity contribution in [2.45, 2.75) is 6.42 Å². The number of nitro groups is 1. The second-order valence-corrected chi connectivity index (χ2v) is 4.09. The molecule has 22 heavy (non-hydrogen) atoms. The summed E-state index contributed by atoms with van der Waals surface area (Å²) < 4.78 is 5.18. The number of nitriles is 1. The zero-order chi connectivity index (χ0) is 16.1. The van der Waals surface area contributed by atoms with Gasteiger partial charge in [-0.25, -0.2) is 5.43 Å². The number of hydrogen-bond acceptors (Lipinski definition) is 7. The van der Waals surface area contributed by atoms with Crippen LogP contribution in [0, 0.1) is 21.4 Å². The zero-order valence-electron chi connectivity index (χ0n) is 11.0. The normalized spacial score (nSPS) is 10.5. The Morgan fingerprint density at radius 3 is 3.00 bits per heavy atom. The third-order valence-corrected chi connectivity index (χ3v) is 2.63. The average molecular weight is 300 g/mol. The lowest BCUT2D eigenvalue weighted by Crippen LogP contribution is -2.17. The molecule has 1 N–H and O–H groups in total. The van der Waals surface area contributed by atoms with E-state index in [0.29, 0.717) is 0 Å². The fraction of sp³-hybridized carbons (Fsp3) is 0.0769. The SMILES string of the molecule is N#CCC(=O)N/N=C\c1coc2ccc([N+](=O)[O-])cc2c1=O. The predicted molar refractivity (Wildman–Crippen MR) is 75.1 cm³/mol. The largest absolute Gasteiger partial charge is 0.463 e. The van der Waals surface area contributed by atoms with Gasteiger partial charge in [-0.2, -0.15) is 10.4 Å². The van der Waals surface area contributed by atoms with Crippen molar-refractivity contribution < 1.29 is 14.1 Å². The van der Waals surface area contributed by atoms with Gasteiger partial charge in [0.05, 0.1) is 28.2 Å². The van der Waals surface area contributed by atoms with E-state index >= 15 is 0 Å². The quantitative estimate of drug-likeness (QED) is 0.509. The number of benzene rings is 1. The molecular formula is C13H8N4O5. The number of non-ortho nitro benzene ring substituents is 1. The highest BCUT2D eigenvalue weighted by molar-refractivity contribution is 5.88. The van der Waals surface area contributed by atoms with Crippen LogP contribution in [0.15, 0.2) is 38.8 Å². The van der Waals surface area contributed by atoms with E-state index in [2.05, 4.69) is 10.5 Å². The standard InChI is InChI=1S/C13H8N4O5/c14-4-3-12(18)16-15-6-8-7-22-11-2-1-9(17(20)21)5-10(11)13(8)19/h1-2,5-7H,3H2,(H,16,18)/b15-6-. The van der Waals surface area contributed by atoms with Crippen molar-refractivity contribution >= 4 is 28.8 Å². The van der Waals surface area contributed by atoms with E-state index in [0.717, 1.165) is 18.5 Å². The Hall–Kier alpha value is -3.54. The molecule has 1 aromatic heterocycles. The minimum absolute atomic E-state index is 0.00487. The fourth-order valence-electron chi connectivity index (χ4n) is 1.62. The zero-order valence-corrected chi connectivity index (χ0v) is 11.0. The lowest BCUT2D eigenvalue weighted by molar-refractivity contribution is -0.384. The Labute approximate surface area is 122 Å². The molecule has 9 heteroatoms. The van der Waals surface area contributed by atoms with Gasteiger partial charge in [0, 0.05) is 12.1 Å². The van der Waals surface area contributed by atoms with Crippen molar-refractivity contribution in [1.82, 2.24) is 5.43 Å². The smallest absolute Gasteiger partial charge is 0.270 e. The summed E-state index contributed by atoms with van der Waals surface area (Å²) in [5.41, 5.74) is 1.49. The van der Waals surface area contributed by atoms with Crippen molar-refractivity contribution in [2.75, 3.05) is 0 Å². The van der Waals surface area contributed by atoms with Crippen LogP contribution in [0.3, 0.4) is 0 Å². The number of hydrazone groups is 1. The number of nitrogens with zero attached hydrogens (tertiary/aromatic N) is 3. The van der Waals surface area contributed by atoms with Crippen molar-refractivity contribution in [1.29, 1.82) is 5.26 Å². The molecule has 0 bridgehead atoms. The maximum Gasteiger partial charge on any atom is 0.270 e. The maximum absolute atomic E-state index is 12.2. The molecular weight excluding hydrogens is 292 g/mol. The number of rotatable bonds is 4. The van der Waals surface area contributed by atoms with Gasteiger partial charge in [0.1, 0.15) is 18.3 Å². The summed E-state index contributed by atoms with van der Waals surface area (Å²) in [5.74, 6) is -0.625. The second-order valence-electron chi connectivity index (χ2n) is 4.09. The van der Waals surface area contributed by atoms with Crippen LogP contribution in [0.2, 0.25) is 0 Å². The molecule has 0 unspecified atom stereocenters. The monoisotopic (exact) mass is 300 g/mol. The minimum atomic E-state index is -0.625. The number of carbonyl (C=O) groups excluding carboxylic acids is 1. The van der Waals surface area contributed by atoms with E-state index in [1.54, 1.807) is 6.07 Å². The second kappa shape index (κ2) is 6.27. The highest BCUT2D eigenvalue weighted by Gasteiger charge is 2.11. The third-order valence-electron chi connectivity index (χ3n) is 2.63. The van der Waals surface area contributed by atoms with Gasteiger partial charge in [0.15, 0.2) is 0 Å². The van der Waals surface area contributed by atoms with E-state index in [9.17, 15) is 19.7 Å². The highest BCUT2D eigenvalue weighted by Crippen LogP contribution is 2.18. The molecule has 0 aliphatic carbocycles. The average Bonchev–Trinajstić information content (AvgIpc) is 2.49. The summed E-state index contributed by atoms with van der Waals surface area (Å²) in [6.45, 7) is 0. The number of fused-ring (bicyclic) bond motifs is 1. The molecule has 0 radical (unpaired) electrons. The molecule has 1 amide bonds. The Balaban J connectivity index is 2.36. The number of nitro benzene ring substituents is 1. The summed E-state index contributed by atoms with van der Waals surface area (Å²) in [6.07, 6.45) is 1.80. The van der Waals surface area contributed by atoms with Gasteiger partial charge in [-0.1, -0.05) is 0 Å². The summed E-state index contributed by atoms with van der Waals surface area (Å²) in [5, 5.41) is 22.6. The molecule has 0 fully saturated rings. The van der Waals surface area contributed by atoms with Crippen molar-refractivity contribution in [3.63, 3.8) is 0 Å². The Bertz CT molecular complexity index is 878. The van der Waals surface area contributed by atoms with E-state index in [4.69, 9.17) is 9.68 Å². The molecule has 9 nitrogen and oxygen atoms in total. The van der Waals surface area contributed by atoms with Gasteiger partial charge in [-0.05, 0) is 6.07 Å². The molecule has 2 rings (SSSR count). The van der Waals surface area contributed by atoms with Gasteiger partial charge >= 0.3 is 0 Å². The molecule has 2 aromatic rings. The first-order valence-electron chi connectivity index (χ1n) is 5.91. The Morgan fingerprint density at radius 2 is 2.32 bits per heavy atom. The van der Waals surface area contributed by atoms with Crippen LogP contribution < -0.4 is 10.9 Å². The lowest BCUT2D eigenvalue weighted by atomic mass is 10.1. The van der Waals surface area contributed by atoms with Crippen LogP contribution in [-0.2, 0) is 4.79 Å². The van der Waals surface area contributed by atoms with Crippen LogP contribution >= 0.6 is 0 Å². The van der Waals surface area contributed by atoms with Gasteiger partial charge in [0.25, 0.3) is 11.6 Å². The number of nitrogens with one attached hydrogen (secondary N) is 1. The molecule has 0 aliphatic rings. The molecule has 0 saturated heterocycles. The summed E-state index contributed by atoms with van der Waals surface area (Å²) in [6, 6.07) is 5.29. The molecule has 1 heterocycles. The predicted octanol–water partition coefficient (Wildman–Crippen LogP) is 1.06. The molecule has 0 saturated carbocycles. The van der Waals surface area contributed by atoms with E-state index in [-0.39, 0.29) is 28.6 Å². The molecule has 110 valence electrons. The van der Waals surface area contributed by atoms with Crippen molar-refractivity contribution in [3.8, 4) is 6.07 Å². The Morgan fingerprint density at radius 1 is 1.55 bits per heavy atom. The van der Waals surface area contributed by atoms with Gasteiger partial charge in [-0.15, -0.1) is 0 Å². The van der Waals surface area contributed by atoms with E-state index < -0.39 is 16.3 Å². The van der Waals surface area contributed by atoms with Crippen molar-refractivity contribution in [2.24, 2.45) is 5.10 Å². The number of hydrogen-bond donors (Lipinski definition) is 1. The molecule has 1 aromatic carbocycles. The Kier molecular flexibility index (Phi) is 4.24. The maximum atomic E-state index is 12.2. The van der Waals surface area contributed by atoms with Gasteiger partial charge in [0.2, 0.25) is 5.43 Å². The van der Waals surface area contributed by atoms with Crippen LogP contribution in [0.25, 0.3) is 11.0 Å². The fourth-order valence-corrected chi connectivity index (χ4v) is 1.62. The first kappa shape index (κ1) is 14.9. The lowest BCUT2D eigenvalue weighted by Gasteiger charge is -1.98. The highest BCUT2D eigenvalue weighted by atomic mass is 16.6. The van der Waals surface area contributed by atoms with Gasteiger partial charge < -0.3 is 4.42 Å². The van der Waals surface area contributed by atoms with Crippen LogP contribution in [0.5, 0.6) is 0 Å². The third kappa shape index (κ3) is 3.13. The minimum Gasteiger partial charge on any atom is -0.463 e. The van der Waals surface area contributed by atoms with Gasteiger partial charge in [-0.3, -0.25) is 19.7 Å². The van der Waals surface area contributed by atoms with Crippen LogP contribution in [0.4, 0.5) is 5.69 Å². The van der Waals surface area contributed by atoms with Crippen molar-refractivity contribution in [3.05, 3.63) is 50.4 Å². The first-order valence-corrected chi connectivity index (χ1v) is 5.91. The van der Waals surface area contributed by atoms with E-state index in [1.807, 2.05) is 0 Å².